The first-order valence-corrected chi connectivity index (χ1v) is 6.00. The number of nitrogens with one attached hydrogen (secondary N) is 2. The summed E-state index contributed by atoms with van der Waals surface area (Å²) < 4.78 is 35.4. The molecule has 0 radical (unpaired) electrons. The van der Waals surface area contributed by atoms with Crippen LogP contribution in [0.3, 0.4) is 0 Å². The highest BCUT2D eigenvalue weighted by molar-refractivity contribution is 5.04. The minimum absolute atomic E-state index is 0.389. The quantitative estimate of drug-likeness (QED) is 0.660. The van der Waals surface area contributed by atoms with Crippen LogP contribution in [0, 0.1) is 11.3 Å². The van der Waals surface area contributed by atoms with Crippen molar-refractivity contribution in [2.24, 2.45) is 11.3 Å². The Balaban J connectivity index is 1.46. The van der Waals surface area contributed by atoms with Crippen LogP contribution in [0.1, 0.15) is 25.7 Å². The van der Waals surface area contributed by atoms with E-state index in [0.29, 0.717) is 18.5 Å². The highest BCUT2D eigenvalue weighted by Crippen LogP contribution is 2.60. The second kappa shape index (κ2) is 4.53. The van der Waals surface area contributed by atoms with Gasteiger partial charge in [0.05, 0.1) is 6.54 Å². The first-order valence-electron chi connectivity index (χ1n) is 6.00. The van der Waals surface area contributed by atoms with E-state index >= 15 is 0 Å². The van der Waals surface area contributed by atoms with E-state index in [0.717, 1.165) is 12.5 Å². The van der Waals surface area contributed by atoms with Crippen LogP contribution >= 0.6 is 0 Å². The molecule has 0 aromatic rings. The summed E-state index contributed by atoms with van der Waals surface area (Å²) >= 11 is 0. The maximum absolute atomic E-state index is 11.8. The number of hydrogen-bond acceptors (Lipinski definition) is 2. The summed E-state index contributed by atoms with van der Waals surface area (Å²) in [5.41, 5.74) is 0.532. The Hall–Kier alpha value is -0.290. The highest BCUT2D eigenvalue weighted by Gasteiger charge is 2.53. The lowest BCUT2D eigenvalue weighted by Crippen LogP contribution is -2.36. The molecule has 2 saturated carbocycles. The first kappa shape index (κ1) is 12.2. The van der Waals surface area contributed by atoms with E-state index < -0.39 is 12.7 Å². The molecule has 2 nitrogen and oxygen atoms in total. The average Bonchev–Trinajstić information content (AvgIpc) is 2.97. The lowest BCUT2D eigenvalue weighted by Gasteiger charge is -2.15. The summed E-state index contributed by atoms with van der Waals surface area (Å²) in [6.07, 6.45) is 1.23. The van der Waals surface area contributed by atoms with E-state index in [-0.39, 0.29) is 0 Å². The van der Waals surface area contributed by atoms with Crippen molar-refractivity contribution in [1.82, 2.24) is 10.6 Å². The summed E-state index contributed by atoms with van der Waals surface area (Å²) in [6.45, 7) is 1.12. The van der Waals surface area contributed by atoms with Gasteiger partial charge in [0.2, 0.25) is 0 Å². The molecule has 2 fully saturated rings. The summed E-state index contributed by atoms with van der Waals surface area (Å²) in [5.74, 6) is 0.906. The summed E-state index contributed by atoms with van der Waals surface area (Å²) in [5, 5.41) is 5.66. The smallest absolute Gasteiger partial charge is 0.315 e. The molecule has 0 bridgehead atoms. The van der Waals surface area contributed by atoms with E-state index in [1.165, 1.54) is 25.7 Å². The van der Waals surface area contributed by atoms with Crippen molar-refractivity contribution in [2.45, 2.75) is 31.9 Å². The van der Waals surface area contributed by atoms with Crippen LogP contribution in [0.4, 0.5) is 13.2 Å². The van der Waals surface area contributed by atoms with Gasteiger partial charge >= 0.3 is 6.18 Å². The Morgan fingerprint density at radius 1 is 1.06 bits per heavy atom. The molecule has 2 aliphatic rings. The zero-order valence-electron chi connectivity index (χ0n) is 9.37. The predicted molar refractivity (Wildman–Crippen MR) is 56.2 cm³/mol. The van der Waals surface area contributed by atoms with E-state index in [2.05, 4.69) is 10.6 Å². The van der Waals surface area contributed by atoms with E-state index in [4.69, 9.17) is 0 Å². The number of hydrogen-bond donors (Lipinski definition) is 2. The maximum atomic E-state index is 11.8. The van der Waals surface area contributed by atoms with Gasteiger partial charge in [-0.2, -0.15) is 13.2 Å². The Kier molecular flexibility index (Phi) is 3.45. The van der Waals surface area contributed by atoms with Gasteiger partial charge in [-0.1, -0.05) is 0 Å². The van der Waals surface area contributed by atoms with Gasteiger partial charge in [-0.15, -0.1) is 0 Å². The standard InChI is InChI=1S/C11H19F3N2/c12-11(13,14)8-16-6-5-15-7-10(3-4-10)9-1-2-9/h9,15-16H,1-8H2. The van der Waals surface area contributed by atoms with Gasteiger partial charge in [-0.25, -0.2) is 0 Å². The van der Waals surface area contributed by atoms with Gasteiger partial charge in [0, 0.05) is 19.6 Å². The molecule has 0 aliphatic heterocycles. The van der Waals surface area contributed by atoms with E-state index in [1.807, 2.05) is 0 Å². The molecule has 0 amide bonds. The highest BCUT2D eigenvalue weighted by atomic mass is 19.4. The molecule has 0 aromatic carbocycles. The third-order valence-electron chi connectivity index (χ3n) is 3.62. The van der Waals surface area contributed by atoms with Crippen LogP contribution < -0.4 is 10.6 Å². The average molecular weight is 236 g/mol. The molecule has 5 heteroatoms. The van der Waals surface area contributed by atoms with Crippen molar-refractivity contribution < 1.29 is 13.2 Å². The van der Waals surface area contributed by atoms with Crippen molar-refractivity contribution in [2.75, 3.05) is 26.2 Å². The Morgan fingerprint density at radius 3 is 2.19 bits per heavy atom. The van der Waals surface area contributed by atoms with Crippen LogP contribution in [0.15, 0.2) is 0 Å². The molecular weight excluding hydrogens is 217 g/mol. The van der Waals surface area contributed by atoms with Crippen molar-refractivity contribution in [3.8, 4) is 0 Å². The predicted octanol–water partition coefficient (Wildman–Crippen LogP) is 1.92. The molecule has 2 N–H and O–H groups in total. The maximum Gasteiger partial charge on any atom is 0.401 e. The molecular formula is C11H19F3N2. The van der Waals surface area contributed by atoms with Crippen molar-refractivity contribution in [1.29, 1.82) is 0 Å². The largest absolute Gasteiger partial charge is 0.401 e. The SMILES string of the molecule is FC(F)(F)CNCCNCC1(C2CC2)CC1. The summed E-state index contributed by atoms with van der Waals surface area (Å²) in [7, 11) is 0. The lowest BCUT2D eigenvalue weighted by molar-refractivity contribution is -0.124. The van der Waals surface area contributed by atoms with Crippen molar-refractivity contribution in [3.63, 3.8) is 0 Å². The summed E-state index contributed by atoms with van der Waals surface area (Å²) in [6, 6.07) is 0. The molecule has 0 spiro atoms. The van der Waals surface area contributed by atoms with Gasteiger partial charge in [0.1, 0.15) is 0 Å². The van der Waals surface area contributed by atoms with Gasteiger partial charge in [-0.05, 0) is 37.0 Å². The molecule has 0 heterocycles. The molecule has 94 valence electrons. The molecule has 2 aliphatic carbocycles. The van der Waals surface area contributed by atoms with Gasteiger partial charge < -0.3 is 10.6 Å². The Bertz CT molecular complexity index is 232. The molecule has 0 saturated heterocycles. The van der Waals surface area contributed by atoms with Crippen molar-refractivity contribution >= 4 is 0 Å². The first-order chi connectivity index (χ1) is 7.52. The van der Waals surface area contributed by atoms with Crippen molar-refractivity contribution in [3.05, 3.63) is 0 Å². The topological polar surface area (TPSA) is 24.1 Å². The second-order valence-corrected chi connectivity index (χ2v) is 5.11. The molecule has 16 heavy (non-hydrogen) atoms. The van der Waals surface area contributed by atoms with Gasteiger partial charge in [0.25, 0.3) is 0 Å². The molecule has 0 atom stereocenters. The minimum atomic E-state index is -4.09. The zero-order valence-corrected chi connectivity index (χ0v) is 9.37. The fraction of sp³-hybridized carbons (Fsp3) is 1.00. The van der Waals surface area contributed by atoms with Crippen LogP contribution in [0.2, 0.25) is 0 Å². The third-order valence-corrected chi connectivity index (χ3v) is 3.62. The van der Waals surface area contributed by atoms with Crippen LogP contribution in [0.5, 0.6) is 0 Å². The molecule has 2 rings (SSSR count). The van der Waals surface area contributed by atoms with Gasteiger partial charge in [0.15, 0.2) is 0 Å². The third kappa shape index (κ3) is 3.63. The van der Waals surface area contributed by atoms with Crippen LogP contribution in [-0.4, -0.2) is 32.4 Å². The Labute approximate surface area is 94.0 Å². The number of halogens is 3. The van der Waals surface area contributed by atoms with Crippen LogP contribution in [0.25, 0.3) is 0 Å². The van der Waals surface area contributed by atoms with E-state index in [1.54, 1.807) is 0 Å². The fourth-order valence-electron chi connectivity index (χ4n) is 2.33. The fourth-order valence-corrected chi connectivity index (χ4v) is 2.33. The second-order valence-electron chi connectivity index (χ2n) is 5.11. The summed E-state index contributed by atoms with van der Waals surface area (Å²) in [4.78, 5) is 0. The number of alkyl halides is 3. The lowest BCUT2D eigenvalue weighted by atomic mass is 10.0. The van der Waals surface area contributed by atoms with Crippen LogP contribution in [-0.2, 0) is 0 Å². The minimum Gasteiger partial charge on any atom is -0.315 e. The normalized spacial score (nSPS) is 23.4. The molecule has 0 aromatic heterocycles. The molecule has 0 unspecified atom stereocenters. The monoisotopic (exact) mass is 236 g/mol. The van der Waals surface area contributed by atoms with Gasteiger partial charge in [-0.3, -0.25) is 0 Å². The number of rotatable bonds is 7. The zero-order chi connectivity index (χ0) is 11.6. The Morgan fingerprint density at radius 2 is 1.69 bits per heavy atom. The van der Waals surface area contributed by atoms with E-state index in [9.17, 15) is 13.2 Å².